The van der Waals surface area contributed by atoms with Crippen LogP contribution in [0.15, 0.2) is 18.2 Å². The lowest BCUT2D eigenvalue weighted by molar-refractivity contribution is -0.120. The summed E-state index contributed by atoms with van der Waals surface area (Å²) in [6.07, 6.45) is 5.58. The molecular weight excluding hydrogens is 198 g/mol. The van der Waals surface area contributed by atoms with Crippen molar-refractivity contribution in [1.29, 1.82) is 0 Å². The summed E-state index contributed by atoms with van der Waals surface area (Å²) in [7, 11) is 0. The van der Waals surface area contributed by atoms with E-state index in [4.69, 9.17) is 6.42 Å². The first-order valence-electron chi connectivity index (χ1n) is 5.34. The van der Waals surface area contributed by atoms with E-state index in [9.17, 15) is 4.79 Å². The SMILES string of the molecule is C#CC(C)NC(=O)Cc1ccc(C)c(C)c1. The minimum absolute atomic E-state index is 0.0336. The van der Waals surface area contributed by atoms with Gasteiger partial charge in [0.15, 0.2) is 0 Å². The first kappa shape index (κ1) is 12.3. The monoisotopic (exact) mass is 215 g/mol. The Kier molecular flexibility index (Phi) is 4.13. The molecule has 0 aliphatic rings. The van der Waals surface area contributed by atoms with Crippen molar-refractivity contribution in [2.75, 3.05) is 0 Å². The van der Waals surface area contributed by atoms with Gasteiger partial charge in [-0.3, -0.25) is 4.79 Å². The van der Waals surface area contributed by atoms with Crippen molar-refractivity contribution in [2.24, 2.45) is 0 Å². The molecular formula is C14H17NO. The number of nitrogens with one attached hydrogen (secondary N) is 1. The molecule has 0 fully saturated rings. The summed E-state index contributed by atoms with van der Waals surface area (Å²) >= 11 is 0. The molecule has 1 unspecified atom stereocenters. The van der Waals surface area contributed by atoms with E-state index in [2.05, 4.69) is 18.2 Å². The summed E-state index contributed by atoms with van der Waals surface area (Å²) in [5.74, 6) is 2.44. The highest BCUT2D eigenvalue weighted by Crippen LogP contribution is 2.10. The molecule has 1 aromatic carbocycles. The molecule has 0 heterocycles. The van der Waals surface area contributed by atoms with Crippen molar-refractivity contribution >= 4 is 5.91 Å². The zero-order valence-corrected chi connectivity index (χ0v) is 10.0. The van der Waals surface area contributed by atoms with Crippen LogP contribution in [-0.2, 0) is 11.2 Å². The van der Waals surface area contributed by atoms with E-state index < -0.39 is 0 Å². The first-order chi connectivity index (χ1) is 7.52. The van der Waals surface area contributed by atoms with E-state index in [-0.39, 0.29) is 11.9 Å². The van der Waals surface area contributed by atoms with Crippen molar-refractivity contribution in [1.82, 2.24) is 5.32 Å². The van der Waals surface area contributed by atoms with Crippen LogP contribution >= 0.6 is 0 Å². The molecule has 0 bridgehead atoms. The summed E-state index contributed by atoms with van der Waals surface area (Å²) in [6, 6.07) is 5.83. The van der Waals surface area contributed by atoms with Gasteiger partial charge in [-0.05, 0) is 37.5 Å². The number of amides is 1. The minimum atomic E-state index is -0.209. The summed E-state index contributed by atoms with van der Waals surface area (Å²) in [4.78, 5) is 11.6. The zero-order valence-electron chi connectivity index (χ0n) is 10.0. The van der Waals surface area contributed by atoms with E-state index in [1.165, 1.54) is 11.1 Å². The molecule has 2 heteroatoms. The summed E-state index contributed by atoms with van der Waals surface area (Å²) < 4.78 is 0. The van der Waals surface area contributed by atoms with Gasteiger partial charge in [-0.1, -0.05) is 24.1 Å². The van der Waals surface area contributed by atoms with Gasteiger partial charge in [0.2, 0.25) is 5.91 Å². The van der Waals surface area contributed by atoms with Crippen LogP contribution in [0, 0.1) is 26.2 Å². The average molecular weight is 215 g/mol. The van der Waals surface area contributed by atoms with Gasteiger partial charge in [0, 0.05) is 0 Å². The molecule has 16 heavy (non-hydrogen) atoms. The molecule has 0 aliphatic heterocycles. The molecule has 0 aromatic heterocycles. The first-order valence-corrected chi connectivity index (χ1v) is 5.34. The van der Waals surface area contributed by atoms with E-state index in [0.29, 0.717) is 6.42 Å². The van der Waals surface area contributed by atoms with Crippen LogP contribution in [0.4, 0.5) is 0 Å². The van der Waals surface area contributed by atoms with Crippen LogP contribution in [0.2, 0.25) is 0 Å². The predicted octanol–water partition coefficient (Wildman–Crippen LogP) is 1.98. The highest BCUT2D eigenvalue weighted by Gasteiger charge is 2.06. The van der Waals surface area contributed by atoms with Crippen LogP contribution < -0.4 is 5.32 Å². The number of rotatable bonds is 3. The van der Waals surface area contributed by atoms with Crippen LogP contribution in [0.25, 0.3) is 0 Å². The largest absolute Gasteiger partial charge is 0.342 e. The Balaban J connectivity index is 2.64. The number of hydrogen-bond acceptors (Lipinski definition) is 1. The molecule has 0 saturated heterocycles. The van der Waals surface area contributed by atoms with Crippen molar-refractivity contribution in [3.63, 3.8) is 0 Å². The molecule has 0 saturated carbocycles. The van der Waals surface area contributed by atoms with E-state index in [0.717, 1.165) is 5.56 Å². The second kappa shape index (κ2) is 5.37. The van der Waals surface area contributed by atoms with E-state index in [1.54, 1.807) is 6.92 Å². The van der Waals surface area contributed by atoms with Crippen LogP contribution in [0.1, 0.15) is 23.6 Å². The molecule has 0 aliphatic carbocycles. The fraction of sp³-hybridized carbons (Fsp3) is 0.357. The second-order valence-electron chi connectivity index (χ2n) is 4.05. The number of carbonyl (C=O) groups is 1. The van der Waals surface area contributed by atoms with Crippen LogP contribution in [-0.4, -0.2) is 11.9 Å². The fourth-order valence-corrected chi connectivity index (χ4v) is 1.43. The lowest BCUT2D eigenvalue weighted by Gasteiger charge is -2.08. The average Bonchev–Trinajstić information content (AvgIpc) is 2.23. The van der Waals surface area contributed by atoms with Crippen LogP contribution in [0.3, 0.4) is 0 Å². The van der Waals surface area contributed by atoms with Gasteiger partial charge in [0.25, 0.3) is 0 Å². The molecule has 2 nitrogen and oxygen atoms in total. The maximum atomic E-state index is 11.6. The highest BCUT2D eigenvalue weighted by atomic mass is 16.1. The summed E-state index contributed by atoms with van der Waals surface area (Å²) in [6.45, 7) is 5.89. The molecule has 0 spiro atoms. The smallest absolute Gasteiger partial charge is 0.225 e. The Morgan fingerprint density at radius 2 is 2.12 bits per heavy atom. The summed E-state index contributed by atoms with van der Waals surface area (Å²) in [5.41, 5.74) is 3.46. The Bertz CT molecular complexity index is 429. The fourth-order valence-electron chi connectivity index (χ4n) is 1.43. The normalized spacial score (nSPS) is 11.6. The van der Waals surface area contributed by atoms with Gasteiger partial charge in [-0.15, -0.1) is 6.42 Å². The molecule has 1 aromatic rings. The number of benzene rings is 1. The third-order valence-electron chi connectivity index (χ3n) is 2.56. The maximum Gasteiger partial charge on any atom is 0.225 e. The Labute approximate surface area is 97.1 Å². The Morgan fingerprint density at radius 1 is 1.44 bits per heavy atom. The topological polar surface area (TPSA) is 29.1 Å². The molecule has 84 valence electrons. The van der Waals surface area contributed by atoms with Gasteiger partial charge >= 0.3 is 0 Å². The molecule has 1 amide bonds. The van der Waals surface area contributed by atoms with E-state index >= 15 is 0 Å². The highest BCUT2D eigenvalue weighted by molar-refractivity contribution is 5.79. The number of carbonyl (C=O) groups excluding carboxylic acids is 1. The van der Waals surface area contributed by atoms with Crippen molar-refractivity contribution in [3.05, 3.63) is 34.9 Å². The van der Waals surface area contributed by atoms with Crippen LogP contribution in [0.5, 0.6) is 0 Å². The number of hydrogen-bond donors (Lipinski definition) is 1. The quantitative estimate of drug-likeness (QED) is 0.767. The van der Waals surface area contributed by atoms with Gasteiger partial charge in [0.1, 0.15) is 0 Å². The Morgan fingerprint density at radius 3 is 2.69 bits per heavy atom. The third-order valence-corrected chi connectivity index (χ3v) is 2.56. The van der Waals surface area contributed by atoms with Crippen molar-refractivity contribution in [2.45, 2.75) is 33.2 Å². The number of aryl methyl sites for hydroxylation is 2. The summed E-state index contributed by atoms with van der Waals surface area (Å²) in [5, 5.41) is 2.74. The molecule has 0 radical (unpaired) electrons. The minimum Gasteiger partial charge on any atom is -0.342 e. The molecule has 1 rings (SSSR count). The maximum absolute atomic E-state index is 11.6. The van der Waals surface area contributed by atoms with Gasteiger partial charge in [-0.2, -0.15) is 0 Å². The van der Waals surface area contributed by atoms with Gasteiger partial charge in [0.05, 0.1) is 12.5 Å². The van der Waals surface area contributed by atoms with E-state index in [1.807, 2.05) is 25.1 Å². The van der Waals surface area contributed by atoms with Crippen molar-refractivity contribution < 1.29 is 4.79 Å². The van der Waals surface area contributed by atoms with Crippen molar-refractivity contribution in [3.8, 4) is 12.3 Å². The zero-order chi connectivity index (χ0) is 12.1. The second-order valence-corrected chi connectivity index (χ2v) is 4.05. The predicted molar refractivity (Wildman–Crippen MR) is 66.1 cm³/mol. The third kappa shape index (κ3) is 3.43. The van der Waals surface area contributed by atoms with Gasteiger partial charge in [-0.25, -0.2) is 0 Å². The standard InChI is InChI=1S/C14H17NO/c1-5-12(4)15-14(16)9-13-7-6-10(2)11(3)8-13/h1,6-8,12H,9H2,2-4H3,(H,15,16). The Hall–Kier alpha value is -1.75. The number of terminal acetylenes is 1. The molecule has 1 N–H and O–H groups in total. The van der Waals surface area contributed by atoms with Gasteiger partial charge < -0.3 is 5.32 Å². The lowest BCUT2D eigenvalue weighted by Crippen LogP contribution is -2.32. The molecule has 1 atom stereocenters. The lowest BCUT2D eigenvalue weighted by atomic mass is 10.0.